The molecule has 0 spiro atoms. The fourth-order valence-corrected chi connectivity index (χ4v) is 4.93. The molecule has 1 nitrogen and oxygen atoms in total. The average Bonchev–Trinajstić information content (AvgIpc) is 3.15. The highest BCUT2D eigenvalue weighted by Gasteiger charge is 2.37. The molecule has 0 heterocycles. The van der Waals surface area contributed by atoms with Crippen LogP contribution in [0.1, 0.15) is 136 Å². The van der Waals surface area contributed by atoms with Gasteiger partial charge in [-0.2, -0.15) is 0 Å². The lowest BCUT2D eigenvalue weighted by atomic mass is 9.76. The Morgan fingerprint density at radius 2 is 1.28 bits per heavy atom. The predicted molar refractivity (Wildman–Crippen MR) is 112 cm³/mol. The molecule has 1 aliphatic rings. The van der Waals surface area contributed by atoms with Crippen molar-refractivity contribution in [3.63, 3.8) is 0 Å². The molecule has 1 rings (SSSR count). The van der Waals surface area contributed by atoms with Gasteiger partial charge in [-0.25, -0.2) is 0 Å². The maximum absolute atomic E-state index is 11.1. The van der Waals surface area contributed by atoms with Gasteiger partial charge in [-0.1, -0.05) is 111 Å². The number of aliphatic hydroxyl groups is 1. The summed E-state index contributed by atoms with van der Waals surface area (Å²) in [5, 5.41) is 11.1. The molecule has 0 amide bonds. The number of rotatable bonds is 16. The van der Waals surface area contributed by atoms with Crippen LogP contribution in [0.3, 0.4) is 0 Å². The van der Waals surface area contributed by atoms with Gasteiger partial charge in [-0.3, -0.25) is 0 Å². The minimum absolute atomic E-state index is 0.367. The van der Waals surface area contributed by atoms with Crippen molar-refractivity contribution < 1.29 is 5.11 Å². The summed E-state index contributed by atoms with van der Waals surface area (Å²) in [5.74, 6) is 1.27. The molecule has 0 saturated heterocycles. The Balaban J connectivity index is 1.98. The summed E-state index contributed by atoms with van der Waals surface area (Å²) in [7, 11) is 0. The molecule has 0 radical (unpaired) electrons. The lowest BCUT2D eigenvalue weighted by Gasteiger charge is -2.35. The molecule has 0 aromatic heterocycles. The van der Waals surface area contributed by atoms with Gasteiger partial charge in [0.25, 0.3) is 0 Å². The van der Waals surface area contributed by atoms with E-state index >= 15 is 0 Å². The van der Waals surface area contributed by atoms with E-state index in [1.807, 2.05) is 0 Å². The Morgan fingerprint density at radius 3 is 1.76 bits per heavy atom. The van der Waals surface area contributed by atoms with E-state index in [4.69, 9.17) is 0 Å². The van der Waals surface area contributed by atoms with Crippen LogP contribution < -0.4 is 0 Å². The van der Waals surface area contributed by atoms with E-state index in [9.17, 15) is 5.11 Å². The van der Waals surface area contributed by atoms with E-state index in [1.54, 1.807) is 0 Å². The molecule has 2 unspecified atom stereocenters. The van der Waals surface area contributed by atoms with Crippen LogP contribution in [0, 0.1) is 11.8 Å². The fourth-order valence-electron chi connectivity index (χ4n) is 4.93. The second kappa shape index (κ2) is 14.1. The second-order valence-corrected chi connectivity index (χ2v) is 9.07. The Bertz CT molecular complexity index is 294. The van der Waals surface area contributed by atoms with E-state index in [0.717, 1.165) is 12.8 Å². The summed E-state index contributed by atoms with van der Waals surface area (Å²) >= 11 is 0. The van der Waals surface area contributed by atoms with E-state index < -0.39 is 0 Å². The summed E-state index contributed by atoms with van der Waals surface area (Å²) in [6.07, 6.45) is 24.1. The lowest BCUT2D eigenvalue weighted by Crippen LogP contribution is -2.37. The molecule has 0 aliphatic heterocycles. The van der Waals surface area contributed by atoms with Gasteiger partial charge in [0.1, 0.15) is 0 Å². The van der Waals surface area contributed by atoms with Crippen molar-refractivity contribution in [1.29, 1.82) is 0 Å². The highest BCUT2D eigenvalue weighted by molar-refractivity contribution is 4.89. The molecular formula is C24H48O. The Hall–Kier alpha value is -0.0400. The molecule has 0 aromatic carbocycles. The van der Waals surface area contributed by atoms with Gasteiger partial charge in [0.15, 0.2) is 0 Å². The Kier molecular flexibility index (Phi) is 12.9. The lowest BCUT2D eigenvalue weighted by molar-refractivity contribution is -0.0397. The van der Waals surface area contributed by atoms with E-state index in [2.05, 4.69) is 20.8 Å². The largest absolute Gasteiger partial charge is 0.390 e. The predicted octanol–water partition coefficient (Wildman–Crippen LogP) is 8.05. The van der Waals surface area contributed by atoms with Crippen LogP contribution in [0.25, 0.3) is 0 Å². The van der Waals surface area contributed by atoms with Crippen LogP contribution in [0.5, 0.6) is 0 Å². The number of hydrogen-bond acceptors (Lipinski definition) is 1. The summed E-state index contributed by atoms with van der Waals surface area (Å²) in [6, 6.07) is 0. The third-order valence-electron chi connectivity index (χ3n) is 6.73. The van der Waals surface area contributed by atoms with Gasteiger partial charge in [0.05, 0.1) is 5.60 Å². The zero-order valence-corrected chi connectivity index (χ0v) is 17.8. The quantitative estimate of drug-likeness (QED) is 0.279. The van der Waals surface area contributed by atoms with Crippen LogP contribution in [-0.2, 0) is 0 Å². The zero-order chi connectivity index (χ0) is 18.4. The van der Waals surface area contributed by atoms with Gasteiger partial charge >= 0.3 is 0 Å². The highest BCUT2D eigenvalue weighted by atomic mass is 16.3. The molecule has 1 heteroatoms. The van der Waals surface area contributed by atoms with Gasteiger partial charge in [0, 0.05) is 0 Å². The zero-order valence-electron chi connectivity index (χ0n) is 17.8. The standard InChI is InChI=1S/C24H48O/c1-4-6-7-8-9-10-11-12-13-14-15-18-22(3)21-24(25,5-2)23-19-16-17-20-23/h22-23,25H,4-21H2,1-3H3. The molecule has 0 bridgehead atoms. The number of unbranched alkanes of at least 4 members (excludes halogenated alkanes) is 10. The van der Waals surface area contributed by atoms with Crippen molar-refractivity contribution in [2.75, 3.05) is 0 Å². The van der Waals surface area contributed by atoms with E-state index in [0.29, 0.717) is 11.8 Å². The SMILES string of the molecule is CCCCCCCCCCCCCC(C)CC(O)(CC)C1CCCC1. The molecule has 1 saturated carbocycles. The number of hydrogen-bond donors (Lipinski definition) is 1. The van der Waals surface area contributed by atoms with E-state index in [-0.39, 0.29) is 5.60 Å². The highest BCUT2D eigenvalue weighted by Crippen LogP contribution is 2.40. The smallest absolute Gasteiger partial charge is 0.0675 e. The molecule has 25 heavy (non-hydrogen) atoms. The van der Waals surface area contributed by atoms with Crippen LogP contribution in [0.4, 0.5) is 0 Å². The maximum Gasteiger partial charge on any atom is 0.0675 e. The summed E-state index contributed by atoms with van der Waals surface area (Å²) in [6.45, 7) is 6.84. The minimum atomic E-state index is -0.367. The average molecular weight is 353 g/mol. The van der Waals surface area contributed by atoms with Gasteiger partial charge in [0.2, 0.25) is 0 Å². The first-order valence-electron chi connectivity index (χ1n) is 11.8. The first-order valence-corrected chi connectivity index (χ1v) is 11.8. The second-order valence-electron chi connectivity index (χ2n) is 9.07. The first-order chi connectivity index (χ1) is 12.1. The topological polar surface area (TPSA) is 20.2 Å². The Labute approximate surface area is 159 Å². The third-order valence-corrected chi connectivity index (χ3v) is 6.73. The van der Waals surface area contributed by atoms with E-state index in [1.165, 1.54) is 103 Å². The molecule has 150 valence electrons. The van der Waals surface area contributed by atoms with Crippen molar-refractivity contribution in [2.45, 2.75) is 142 Å². The summed E-state index contributed by atoms with van der Waals surface area (Å²) in [4.78, 5) is 0. The van der Waals surface area contributed by atoms with Crippen LogP contribution in [-0.4, -0.2) is 10.7 Å². The third kappa shape index (κ3) is 10.0. The molecule has 1 aliphatic carbocycles. The van der Waals surface area contributed by atoms with Gasteiger partial charge < -0.3 is 5.11 Å². The first kappa shape index (κ1) is 23.0. The molecule has 1 N–H and O–H groups in total. The molecular weight excluding hydrogens is 304 g/mol. The van der Waals surface area contributed by atoms with Gasteiger partial charge in [-0.05, 0) is 37.5 Å². The monoisotopic (exact) mass is 352 g/mol. The maximum atomic E-state index is 11.1. The molecule has 1 fully saturated rings. The normalized spacial score (nSPS) is 19.2. The van der Waals surface area contributed by atoms with Crippen molar-refractivity contribution in [3.8, 4) is 0 Å². The van der Waals surface area contributed by atoms with Crippen molar-refractivity contribution >= 4 is 0 Å². The molecule has 0 aromatic rings. The summed E-state index contributed by atoms with van der Waals surface area (Å²) in [5.41, 5.74) is -0.367. The van der Waals surface area contributed by atoms with Crippen molar-refractivity contribution in [3.05, 3.63) is 0 Å². The van der Waals surface area contributed by atoms with Crippen LogP contribution in [0.15, 0.2) is 0 Å². The van der Waals surface area contributed by atoms with Crippen molar-refractivity contribution in [2.24, 2.45) is 11.8 Å². The Morgan fingerprint density at radius 1 is 0.800 bits per heavy atom. The van der Waals surface area contributed by atoms with Gasteiger partial charge in [-0.15, -0.1) is 0 Å². The molecule has 2 atom stereocenters. The van der Waals surface area contributed by atoms with Crippen LogP contribution >= 0.6 is 0 Å². The van der Waals surface area contributed by atoms with Crippen molar-refractivity contribution in [1.82, 2.24) is 0 Å². The minimum Gasteiger partial charge on any atom is -0.390 e. The van der Waals surface area contributed by atoms with Crippen LogP contribution in [0.2, 0.25) is 0 Å². The summed E-state index contributed by atoms with van der Waals surface area (Å²) < 4.78 is 0. The fraction of sp³-hybridized carbons (Fsp3) is 1.00.